The summed E-state index contributed by atoms with van der Waals surface area (Å²) in [5.74, 6) is -0.417. The first-order valence-corrected chi connectivity index (χ1v) is 7.19. The van der Waals surface area contributed by atoms with Gasteiger partial charge in [-0.2, -0.15) is 0 Å². The van der Waals surface area contributed by atoms with E-state index in [9.17, 15) is 14.7 Å². The monoisotopic (exact) mass is 291 g/mol. The standard InChI is InChI=1S/C16H21NO4/c1-11-8-14(15(18)19)17(9-12(11)2)16(20)21-10-13-6-4-3-5-7-13/h3-7,11-12,14H,8-10H2,1-2H3,(H,18,19)/t11-,12+,14-/m1/s1. The third kappa shape index (κ3) is 3.74. The quantitative estimate of drug-likeness (QED) is 0.930. The molecule has 114 valence electrons. The van der Waals surface area contributed by atoms with Gasteiger partial charge in [0.15, 0.2) is 0 Å². The molecule has 0 bridgehead atoms. The number of aliphatic carboxylic acids is 1. The molecule has 5 heteroatoms. The van der Waals surface area contributed by atoms with Gasteiger partial charge in [0.25, 0.3) is 0 Å². The van der Waals surface area contributed by atoms with Gasteiger partial charge < -0.3 is 9.84 Å². The Morgan fingerprint density at radius 2 is 1.90 bits per heavy atom. The van der Waals surface area contributed by atoms with Crippen molar-refractivity contribution in [2.75, 3.05) is 6.54 Å². The molecule has 0 saturated carbocycles. The Morgan fingerprint density at radius 3 is 2.52 bits per heavy atom. The van der Waals surface area contributed by atoms with Crippen molar-refractivity contribution in [3.63, 3.8) is 0 Å². The minimum atomic E-state index is -0.967. The predicted octanol–water partition coefficient (Wildman–Crippen LogP) is 2.75. The number of hydrogen-bond donors (Lipinski definition) is 1. The molecule has 1 N–H and O–H groups in total. The van der Waals surface area contributed by atoms with E-state index in [4.69, 9.17) is 4.74 Å². The number of carbonyl (C=O) groups excluding carboxylic acids is 1. The Balaban J connectivity index is 2.00. The molecule has 2 rings (SSSR count). The lowest BCUT2D eigenvalue weighted by molar-refractivity contribution is -0.145. The van der Waals surface area contributed by atoms with Gasteiger partial charge in [0.1, 0.15) is 12.6 Å². The number of carboxylic acids is 1. The van der Waals surface area contributed by atoms with Gasteiger partial charge in [0, 0.05) is 6.54 Å². The molecule has 1 amide bonds. The van der Waals surface area contributed by atoms with Crippen molar-refractivity contribution in [2.45, 2.75) is 32.9 Å². The predicted molar refractivity (Wildman–Crippen MR) is 77.7 cm³/mol. The Labute approximate surface area is 124 Å². The molecule has 0 aromatic heterocycles. The first-order chi connectivity index (χ1) is 9.99. The van der Waals surface area contributed by atoms with Gasteiger partial charge in [0.2, 0.25) is 0 Å². The van der Waals surface area contributed by atoms with Crippen molar-refractivity contribution >= 4 is 12.1 Å². The molecule has 1 aromatic carbocycles. The topological polar surface area (TPSA) is 66.8 Å². The van der Waals surface area contributed by atoms with Crippen LogP contribution >= 0.6 is 0 Å². The fourth-order valence-electron chi connectivity index (χ4n) is 2.57. The smallest absolute Gasteiger partial charge is 0.410 e. The molecule has 0 spiro atoms. The van der Waals surface area contributed by atoms with E-state index in [0.717, 1.165) is 5.56 Å². The number of rotatable bonds is 3. The molecule has 1 saturated heterocycles. The van der Waals surface area contributed by atoms with E-state index in [0.29, 0.717) is 13.0 Å². The maximum atomic E-state index is 12.2. The summed E-state index contributed by atoms with van der Waals surface area (Å²) in [4.78, 5) is 24.9. The molecule has 1 heterocycles. The molecular formula is C16H21NO4. The van der Waals surface area contributed by atoms with Crippen LogP contribution in [0.25, 0.3) is 0 Å². The molecule has 1 fully saturated rings. The summed E-state index contributed by atoms with van der Waals surface area (Å²) in [5.41, 5.74) is 0.885. The van der Waals surface area contributed by atoms with Crippen molar-refractivity contribution in [1.29, 1.82) is 0 Å². The van der Waals surface area contributed by atoms with Crippen molar-refractivity contribution in [1.82, 2.24) is 4.90 Å². The van der Waals surface area contributed by atoms with E-state index in [1.54, 1.807) is 0 Å². The van der Waals surface area contributed by atoms with Crippen LogP contribution in [0.2, 0.25) is 0 Å². The molecule has 1 aromatic rings. The summed E-state index contributed by atoms with van der Waals surface area (Å²) in [5, 5.41) is 9.30. The number of ether oxygens (including phenoxy) is 1. The molecule has 21 heavy (non-hydrogen) atoms. The zero-order valence-electron chi connectivity index (χ0n) is 12.4. The van der Waals surface area contributed by atoms with Crippen LogP contribution in [0.5, 0.6) is 0 Å². The second kappa shape index (κ2) is 6.61. The van der Waals surface area contributed by atoms with Crippen LogP contribution < -0.4 is 0 Å². The van der Waals surface area contributed by atoms with Gasteiger partial charge in [-0.3, -0.25) is 4.90 Å². The number of nitrogens with zero attached hydrogens (tertiary/aromatic N) is 1. The second-order valence-corrected chi connectivity index (χ2v) is 5.74. The maximum Gasteiger partial charge on any atom is 0.410 e. The molecular weight excluding hydrogens is 270 g/mol. The van der Waals surface area contributed by atoms with Crippen LogP contribution in [0.4, 0.5) is 4.79 Å². The Morgan fingerprint density at radius 1 is 1.24 bits per heavy atom. The molecule has 5 nitrogen and oxygen atoms in total. The van der Waals surface area contributed by atoms with Crippen LogP contribution in [0.15, 0.2) is 30.3 Å². The lowest BCUT2D eigenvalue weighted by Gasteiger charge is -2.39. The number of piperidine rings is 1. The Kier molecular flexibility index (Phi) is 4.83. The number of hydrogen-bond acceptors (Lipinski definition) is 3. The van der Waals surface area contributed by atoms with Gasteiger partial charge in [-0.1, -0.05) is 44.2 Å². The zero-order valence-corrected chi connectivity index (χ0v) is 12.4. The van der Waals surface area contributed by atoms with Crippen molar-refractivity contribution < 1.29 is 19.4 Å². The molecule has 1 aliphatic heterocycles. The van der Waals surface area contributed by atoms with E-state index >= 15 is 0 Å². The SMILES string of the molecule is C[C@@H]1C[C@H](C(=O)O)N(C(=O)OCc2ccccc2)C[C@@H]1C. The van der Waals surface area contributed by atoms with Crippen molar-refractivity contribution in [2.24, 2.45) is 11.8 Å². The molecule has 1 aliphatic rings. The fourth-order valence-corrected chi connectivity index (χ4v) is 2.57. The average molecular weight is 291 g/mol. The largest absolute Gasteiger partial charge is 0.480 e. The van der Waals surface area contributed by atoms with E-state index in [1.165, 1.54) is 4.90 Å². The summed E-state index contributed by atoms with van der Waals surface area (Å²) in [6, 6.07) is 8.56. The Bertz CT molecular complexity index is 502. The van der Waals surface area contributed by atoms with Crippen molar-refractivity contribution in [3.8, 4) is 0 Å². The Hall–Kier alpha value is -2.04. The number of benzene rings is 1. The normalized spacial score (nSPS) is 25.4. The first-order valence-electron chi connectivity index (χ1n) is 7.19. The van der Waals surface area contributed by atoms with Crippen LogP contribution in [0.3, 0.4) is 0 Å². The highest BCUT2D eigenvalue weighted by molar-refractivity contribution is 5.80. The van der Waals surface area contributed by atoms with E-state index < -0.39 is 18.1 Å². The third-order valence-corrected chi connectivity index (χ3v) is 4.15. The molecule has 0 radical (unpaired) electrons. The number of carboxylic acid groups (broad SMARTS) is 1. The summed E-state index contributed by atoms with van der Waals surface area (Å²) in [6.07, 6.45) is -0.0817. The summed E-state index contributed by atoms with van der Waals surface area (Å²) < 4.78 is 5.26. The van der Waals surface area contributed by atoms with E-state index in [-0.39, 0.29) is 18.4 Å². The molecule has 3 atom stereocenters. The third-order valence-electron chi connectivity index (χ3n) is 4.15. The fraction of sp³-hybridized carbons (Fsp3) is 0.500. The highest BCUT2D eigenvalue weighted by Gasteiger charge is 2.38. The van der Waals surface area contributed by atoms with Gasteiger partial charge in [-0.05, 0) is 23.8 Å². The van der Waals surface area contributed by atoms with Crippen LogP contribution in [0.1, 0.15) is 25.8 Å². The van der Waals surface area contributed by atoms with E-state index in [1.807, 2.05) is 44.2 Å². The van der Waals surface area contributed by atoms with Crippen molar-refractivity contribution in [3.05, 3.63) is 35.9 Å². The second-order valence-electron chi connectivity index (χ2n) is 5.74. The highest BCUT2D eigenvalue weighted by Crippen LogP contribution is 2.28. The van der Waals surface area contributed by atoms with Gasteiger partial charge in [-0.25, -0.2) is 9.59 Å². The zero-order chi connectivity index (χ0) is 15.4. The molecule has 0 aliphatic carbocycles. The van der Waals surface area contributed by atoms with Gasteiger partial charge in [-0.15, -0.1) is 0 Å². The first kappa shape index (κ1) is 15.4. The number of carbonyl (C=O) groups is 2. The lowest BCUT2D eigenvalue weighted by Crippen LogP contribution is -2.52. The van der Waals surface area contributed by atoms with Crippen LogP contribution in [0, 0.1) is 11.8 Å². The summed E-state index contributed by atoms with van der Waals surface area (Å²) >= 11 is 0. The van der Waals surface area contributed by atoms with Gasteiger partial charge in [0.05, 0.1) is 0 Å². The summed E-state index contributed by atoms with van der Waals surface area (Å²) in [6.45, 7) is 4.63. The number of likely N-dealkylation sites (tertiary alicyclic amines) is 1. The lowest BCUT2D eigenvalue weighted by atomic mass is 9.84. The average Bonchev–Trinajstić information content (AvgIpc) is 2.48. The number of amides is 1. The minimum absolute atomic E-state index is 0.159. The van der Waals surface area contributed by atoms with E-state index in [2.05, 4.69) is 0 Å². The van der Waals surface area contributed by atoms with Crippen LogP contribution in [-0.2, 0) is 16.1 Å². The van der Waals surface area contributed by atoms with Crippen LogP contribution in [-0.4, -0.2) is 34.7 Å². The minimum Gasteiger partial charge on any atom is -0.480 e. The summed E-state index contributed by atoms with van der Waals surface area (Å²) in [7, 11) is 0. The maximum absolute atomic E-state index is 12.2. The highest BCUT2D eigenvalue weighted by atomic mass is 16.6. The molecule has 0 unspecified atom stereocenters. The van der Waals surface area contributed by atoms with Gasteiger partial charge >= 0.3 is 12.1 Å².